The van der Waals surface area contributed by atoms with Crippen LogP contribution in [-0.2, 0) is 5.41 Å². The number of nitrogens with one attached hydrogen (secondary N) is 1. The largest absolute Gasteiger partial charge is 0.317 e. The quantitative estimate of drug-likeness (QED) is 0.855. The van der Waals surface area contributed by atoms with E-state index in [4.69, 9.17) is 0 Å². The van der Waals surface area contributed by atoms with E-state index in [1.165, 1.54) is 37.8 Å². The molecule has 1 aliphatic heterocycles. The number of rotatable bonds is 6. The van der Waals surface area contributed by atoms with Gasteiger partial charge in [0.05, 0.1) is 0 Å². The molecule has 1 aromatic rings. The summed E-state index contributed by atoms with van der Waals surface area (Å²) in [6.45, 7) is 8.11. The molecule has 0 saturated carbocycles. The predicted octanol–water partition coefficient (Wildman–Crippen LogP) is 3.43. The molecule has 2 heteroatoms. The molecule has 1 saturated heterocycles. The van der Waals surface area contributed by atoms with Crippen LogP contribution < -0.4 is 5.32 Å². The van der Waals surface area contributed by atoms with Crippen molar-refractivity contribution in [3.8, 4) is 0 Å². The Balaban J connectivity index is 2.15. The smallest absolute Gasteiger partial charge is 0.0104 e. The van der Waals surface area contributed by atoms with Crippen LogP contribution >= 0.6 is 0 Å². The van der Waals surface area contributed by atoms with Crippen LogP contribution in [0.5, 0.6) is 0 Å². The van der Waals surface area contributed by atoms with E-state index in [9.17, 15) is 0 Å². The SMILES string of the molecule is CCCC(C)N(C)CC1(c2ccccc2)CCNCC1. The van der Waals surface area contributed by atoms with Gasteiger partial charge < -0.3 is 10.2 Å². The van der Waals surface area contributed by atoms with Gasteiger partial charge >= 0.3 is 0 Å². The third-order valence-electron chi connectivity index (χ3n) is 4.96. The molecule has 20 heavy (non-hydrogen) atoms. The van der Waals surface area contributed by atoms with Crippen molar-refractivity contribution in [2.24, 2.45) is 0 Å². The standard InChI is InChI=1S/C18H30N2/c1-4-8-16(2)20(3)15-18(11-13-19-14-12-18)17-9-6-5-7-10-17/h5-7,9-10,16,19H,4,8,11-15H2,1-3H3. The van der Waals surface area contributed by atoms with Gasteiger partial charge in [-0.1, -0.05) is 43.7 Å². The van der Waals surface area contributed by atoms with Crippen molar-refractivity contribution < 1.29 is 0 Å². The Morgan fingerprint density at radius 1 is 1.20 bits per heavy atom. The van der Waals surface area contributed by atoms with Crippen LogP contribution in [0.3, 0.4) is 0 Å². The molecular formula is C18H30N2. The molecule has 2 rings (SSSR count). The molecule has 0 amide bonds. The van der Waals surface area contributed by atoms with Crippen molar-refractivity contribution in [2.75, 3.05) is 26.7 Å². The third-order valence-corrected chi connectivity index (χ3v) is 4.96. The van der Waals surface area contributed by atoms with Crippen LogP contribution in [0.25, 0.3) is 0 Å². The Morgan fingerprint density at radius 2 is 1.85 bits per heavy atom. The summed E-state index contributed by atoms with van der Waals surface area (Å²) < 4.78 is 0. The highest BCUT2D eigenvalue weighted by Crippen LogP contribution is 2.34. The molecule has 1 fully saturated rings. The van der Waals surface area contributed by atoms with Crippen molar-refractivity contribution in [3.05, 3.63) is 35.9 Å². The molecule has 0 aliphatic carbocycles. The lowest BCUT2D eigenvalue weighted by Gasteiger charge is -2.42. The Bertz CT molecular complexity index is 382. The molecule has 0 spiro atoms. The maximum absolute atomic E-state index is 3.52. The molecule has 1 N–H and O–H groups in total. The maximum atomic E-state index is 3.52. The molecule has 0 aromatic heterocycles. The van der Waals surface area contributed by atoms with Gasteiger partial charge in [0.1, 0.15) is 0 Å². The number of nitrogens with zero attached hydrogens (tertiary/aromatic N) is 1. The molecular weight excluding hydrogens is 244 g/mol. The predicted molar refractivity (Wildman–Crippen MR) is 87.2 cm³/mol. The fourth-order valence-corrected chi connectivity index (χ4v) is 3.51. The zero-order chi connectivity index (χ0) is 14.4. The summed E-state index contributed by atoms with van der Waals surface area (Å²) >= 11 is 0. The summed E-state index contributed by atoms with van der Waals surface area (Å²) in [5.41, 5.74) is 1.86. The number of piperidine rings is 1. The lowest BCUT2D eigenvalue weighted by atomic mass is 9.72. The van der Waals surface area contributed by atoms with E-state index in [1.807, 2.05) is 0 Å². The highest BCUT2D eigenvalue weighted by atomic mass is 15.1. The number of likely N-dealkylation sites (N-methyl/N-ethyl adjacent to an activating group) is 1. The van der Waals surface area contributed by atoms with E-state index in [-0.39, 0.29) is 0 Å². The Kier molecular flexibility index (Phi) is 5.62. The van der Waals surface area contributed by atoms with E-state index in [0.29, 0.717) is 11.5 Å². The van der Waals surface area contributed by atoms with E-state index < -0.39 is 0 Å². The first-order chi connectivity index (χ1) is 9.68. The van der Waals surface area contributed by atoms with Gasteiger partial charge in [-0.25, -0.2) is 0 Å². The fourth-order valence-electron chi connectivity index (χ4n) is 3.51. The normalized spacial score (nSPS) is 20.0. The highest BCUT2D eigenvalue weighted by molar-refractivity contribution is 5.27. The zero-order valence-corrected chi connectivity index (χ0v) is 13.4. The monoisotopic (exact) mass is 274 g/mol. The van der Waals surface area contributed by atoms with Crippen LogP contribution in [0, 0.1) is 0 Å². The Labute approximate surface area is 124 Å². The molecule has 0 radical (unpaired) electrons. The lowest BCUT2D eigenvalue weighted by molar-refractivity contribution is 0.160. The molecule has 1 atom stereocenters. The number of hydrogen-bond acceptors (Lipinski definition) is 2. The summed E-state index contributed by atoms with van der Waals surface area (Å²) in [4.78, 5) is 2.57. The lowest BCUT2D eigenvalue weighted by Crippen LogP contribution is -2.48. The average Bonchev–Trinajstić information content (AvgIpc) is 2.49. The summed E-state index contributed by atoms with van der Waals surface area (Å²) in [6, 6.07) is 11.8. The number of hydrogen-bond donors (Lipinski definition) is 1. The zero-order valence-electron chi connectivity index (χ0n) is 13.4. The van der Waals surface area contributed by atoms with Gasteiger partial charge in [-0.15, -0.1) is 0 Å². The second-order valence-electron chi connectivity index (χ2n) is 6.45. The topological polar surface area (TPSA) is 15.3 Å². The number of benzene rings is 1. The van der Waals surface area contributed by atoms with Crippen molar-refractivity contribution in [1.29, 1.82) is 0 Å². The summed E-state index contributed by atoms with van der Waals surface area (Å²) in [5, 5.41) is 3.52. The first-order valence-electron chi connectivity index (χ1n) is 8.14. The van der Waals surface area contributed by atoms with Gasteiger partial charge in [0.25, 0.3) is 0 Å². The molecule has 0 bridgehead atoms. The molecule has 1 heterocycles. The van der Waals surface area contributed by atoms with Crippen LogP contribution in [-0.4, -0.2) is 37.6 Å². The molecule has 1 unspecified atom stereocenters. The summed E-state index contributed by atoms with van der Waals surface area (Å²) in [7, 11) is 2.30. The summed E-state index contributed by atoms with van der Waals surface area (Å²) in [5.74, 6) is 0. The second-order valence-corrected chi connectivity index (χ2v) is 6.45. The first-order valence-corrected chi connectivity index (χ1v) is 8.14. The molecule has 1 aromatic carbocycles. The first kappa shape index (κ1) is 15.5. The third kappa shape index (κ3) is 3.62. The molecule has 112 valence electrons. The van der Waals surface area contributed by atoms with Gasteiger partial charge in [-0.3, -0.25) is 0 Å². The van der Waals surface area contributed by atoms with Crippen molar-refractivity contribution in [3.63, 3.8) is 0 Å². The van der Waals surface area contributed by atoms with E-state index >= 15 is 0 Å². The van der Waals surface area contributed by atoms with Gasteiger partial charge in [0.2, 0.25) is 0 Å². The highest BCUT2D eigenvalue weighted by Gasteiger charge is 2.35. The van der Waals surface area contributed by atoms with Crippen LogP contribution in [0.1, 0.15) is 45.1 Å². The van der Waals surface area contributed by atoms with Gasteiger partial charge in [-0.05, 0) is 51.9 Å². The van der Waals surface area contributed by atoms with Gasteiger partial charge in [0.15, 0.2) is 0 Å². The van der Waals surface area contributed by atoms with Crippen LogP contribution in [0.2, 0.25) is 0 Å². The fraction of sp³-hybridized carbons (Fsp3) is 0.667. The van der Waals surface area contributed by atoms with Crippen molar-refractivity contribution in [2.45, 2.75) is 51.0 Å². The Hall–Kier alpha value is -0.860. The Morgan fingerprint density at radius 3 is 2.45 bits per heavy atom. The molecule has 1 aliphatic rings. The second kappa shape index (κ2) is 7.24. The van der Waals surface area contributed by atoms with Crippen LogP contribution in [0.4, 0.5) is 0 Å². The van der Waals surface area contributed by atoms with Gasteiger partial charge in [0, 0.05) is 18.0 Å². The molecule has 2 nitrogen and oxygen atoms in total. The summed E-state index contributed by atoms with van der Waals surface area (Å²) in [6.07, 6.45) is 5.06. The van der Waals surface area contributed by atoms with Gasteiger partial charge in [-0.2, -0.15) is 0 Å². The minimum absolute atomic E-state index is 0.337. The minimum Gasteiger partial charge on any atom is -0.317 e. The van der Waals surface area contributed by atoms with Crippen molar-refractivity contribution >= 4 is 0 Å². The van der Waals surface area contributed by atoms with Crippen LogP contribution in [0.15, 0.2) is 30.3 Å². The van der Waals surface area contributed by atoms with E-state index in [2.05, 4.69) is 61.4 Å². The minimum atomic E-state index is 0.337. The van der Waals surface area contributed by atoms with E-state index in [1.54, 1.807) is 0 Å². The van der Waals surface area contributed by atoms with Crippen molar-refractivity contribution in [1.82, 2.24) is 10.2 Å². The maximum Gasteiger partial charge on any atom is 0.0104 e. The average molecular weight is 274 g/mol. The van der Waals surface area contributed by atoms with E-state index in [0.717, 1.165) is 13.1 Å².